The number of methoxy groups -OCH3 is 1. The van der Waals surface area contributed by atoms with Crippen molar-refractivity contribution in [2.45, 2.75) is 20.8 Å². The van der Waals surface area contributed by atoms with Gasteiger partial charge in [0.15, 0.2) is 0 Å². The van der Waals surface area contributed by atoms with Crippen LogP contribution < -0.4 is 9.47 Å². The minimum absolute atomic E-state index is 0.212. The van der Waals surface area contributed by atoms with Crippen LogP contribution in [-0.4, -0.2) is 13.7 Å². The Morgan fingerprint density at radius 3 is 1.76 bits per heavy atom. The standard InChI is InChI=1S/C9H11FO.C8H9FO/c1-3-11-8-5-4-7(2)9(10)6-8;1-6-3-4-7(10-2)5-8(6)9/h4-6H,3H2,1-2H3;3-5H,1-2H3. The van der Waals surface area contributed by atoms with Crippen molar-refractivity contribution in [1.29, 1.82) is 0 Å². The number of aryl methyl sites for hydroxylation is 2. The van der Waals surface area contributed by atoms with E-state index >= 15 is 0 Å². The van der Waals surface area contributed by atoms with E-state index in [0.29, 0.717) is 29.2 Å². The molecule has 0 aliphatic carbocycles. The third kappa shape index (κ3) is 5.42. The number of halogens is 2. The number of hydrogen-bond donors (Lipinski definition) is 0. The van der Waals surface area contributed by atoms with Crippen molar-refractivity contribution in [3.63, 3.8) is 0 Å². The fourth-order valence-corrected chi connectivity index (χ4v) is 1.53. The normalized spacial score (nSPS) is 9.62. The maximum Gasteiger partial charge on any atom is 0.129 e. The molecule has 0 heterocycles. The molecule has 0 atom stereocenters. The van der Waals surface area contributed by atoms with Crippen molar-refractivity contribution in [2.24, 2.45) is 0 Å². The summed E-state index contributed by atoms with van der Waals surface area (Å²) in [7, 11) is 1.52. The first-order valence-electron chi connectivity index (χ1n) is 6.67. The average Bonchev–Trinajstić information content (AvgIpc) is 2.47. The molecule has 2 nitrogen and oxygen atoms in total. The molecule has 114 valence electrons. The second-order valence-electron chi connectivity index (χ2n) is 4.46. The van der Waals surface area contributed by atoms with Crippen molar-refractivity contribution < 1.29 is 18.3 Å². The van der Waals surface area contributed by atoms with Gasteiger partial charge in [-0.05, 0) is 44.0 Å². The number of rotatable bonds is 3. The second kappa shape index (κ2) is 8.25. The predicted molar refractivity (Wildman–Crippen MR) is 80.0 cm³/mol. The topological polar surface area (TPSA) is 18.5 Å². The largest absolute Gasteiger partial charge is 0.497 e. The number of hydrogen-bond acceptors (Lipinski definition) is 2. The van der Waals surface area contributed by atoms with Crippen LogP contribution in [0, 0.1) is 25.5 Å². The Hall–Kier alpha value is -2.10. The van der Waals surface area contributed by atoms with Crippen LogP contribution >= 0.6 is 0 Å². The summed E-state index contributed by atoms with van der Waals surface area (Å²) in [6, 6.07) is 9.67. The molecule has 2 aromatic carbocycles. The Kier molecular flexibility index (Phi) is 6.66. The first kappa shape index (κ1) is 17.0. The third-order valence-corrected chi connectivity index (χ3v) is 2.83. The monoisotopic (exact) mass is 294 g/mol. The van der Waals surface area contributed by atoms with Crippen LogP contribution in [0.25, 0.3) is 0 Å². The molecule has 0 saturated heterocycles. The lowest BCUT2D eigenvalue weighted by Crippen LogP contribution is -1.92. The molecular weight excluding hydrogens is 274 g/mol. The van der Waals surface area contributed by atoms with Gasteiger partial charge in [-0.3, -0.25) is 0 Å². The summed E-state index contributed by atoms with van der Waals surface area (Å²) in [6.07, 6.45) is 0. The Labute approximate surface area is 124 Å². The highest BCUT2D eigenvalue weighted by atomic mass is 19.1. The van der Waals surface area contributed by atoms with E-state index < -0.39 is 0 Å². The average molecular weight is 294 g/mol. The van der Waals surface area contributed by atoms with Crippen LogP contribution in [0.15, 0.2) is 36.4 Å². The third-order valence-electron chi connectivity index (χ3n) is 2.83. The van der Waals surface area contributed by atoms with Crippen molar-refractivity contribution in [2.75, 3.05) is 13.7 Å². The van der Waals surface area contributed by atoms with Gasteiger partial charge < -0.3 is 9.47 Å². The molecule has 0 N–H and O–H groups in total. The summed E-state index contributed by atoms with van der Waals surface area (Å²) in [5, 5.41) is 0. The van der Waals surface area contributed by atoms with Crippen molar-refractivity contribution >= 4 is 0 Å². The minimum Gasteiger partial charge on any atom is -0.497 e. The molecule has 2 rings (SSSR count). The summed E-state index contributed by atoms with van der Waals surface area (Å²) in [5.74, 6) is 0.717. The second-order valence-corrected chi connectivity index (χ2v) is 4.46. The fraction of sp³-hybridized carbons (Fsp3) is 0.294. The van der Waals surface area contributed by atoms with Crippen LogP contribution in [0.1, 0.15) is 18.1 Å². The van der Waals surface area contributed by atoms with E-state index in [1.54, 1.807) is 38.1 Å². The molecular formula is C17H20F2O2. The van der Waals surface area contributed by atoms with Crippen molar-refractivity contribution in [1.82, 2.24) is 0 Å². The highest BCUT2D eigenvalue weighted by Gasteiger charge is 1.98. The molecule has 0 aliphatic rings. The van der Waals surface area contributed by atoms with Crippen LogP contribution in [0.4, 0.5) is 8.78 Å². The smallest absolute Gasteiger partial charge is 0.129 e. The van der Waals surface area contributed by atoms with Gasteiger partial charge in [0.1, 0.15) is 23.1 Å². The molecule has 2 aromatic rings. The quantitative estimate of drug-likeness (QED) is 0.818. The van der Waals surface area contributed by atoms with Gasteiger partial charge in [0, 0.05) is 12.1 Å². The Morgan fingerprint density at radius 2 is 1.33 bits per heavy atom. The molecule has 0 bridgehead atoms. The zero-order chi connectivity index (χ0) is 15.8. The van der Waals surface area contributed by atoms with Gasteiger partial charge in [-0.15, -0.1) is 0 Å². The van der Waals surface area contributed by atoms with E-state index in [1.165, 1.54) is 19.2 Å². The first-order chi connectivity index (χ1) is 9.97. The van der Waals surface area contributed by atoms with Gasteiger partial charge >= 0.3 is 0 Å². The lowest BCUT2D eigenvalue weighted by molar-refractivity contribution is 0.338. The highest BCUT2D eigenvalue weighted by molar-refractivity contribution is 5.28. The Morgan fingerprint density at radius 1 is 0.857 bits per heavy atom. The Bertz CT molecular complexity index is 583. The van der Waals surface area contributed by atoms with Crippen molar-refractivity contribution in [3.05, 3.63) is 59.2 Å². The first-order valence-corrected chi connectivity index (χ1v) is 6.67. The van der Waals surface area contributed by atoms with Gasteiger partial charge in [0.25, 0.3) is 0 Å². The van der Waals surface area contributed by atoms with E-state index in [0.717, 1.165) is 0 Å². The summed E-state index contributed by atoms with van der Waals surface area (Å²) in [5.41, 5.74) is 1.29. The summed E-state index contributed by atoms with van der Waals surface area (Å²) >= 11 is 0. The molecule has 0 spiro atoms. The zero-order valence-electron chi connectivity index (χ0n) is 12.7. The summed E-state index contributed by atoms with van der Waals surface area (Å²) in [4.78, 5) is 0. The van der Waals surface area contributed by atoms with Gasteiger partial charge in [-0.2, -0.15) is 0 Å². The van der Waals surface area contributed by atoms with Crippen molar-refractivity contribution in [3.8, 4) is 11.5 Å². The van der Waals surface area contributed by atoms with Crippen LogP contribution in [0.2, 0.25) is 0 Å². The van der Waals surface area contributed by atoms with E-state index in [1.807, 2.05) is 6.92 Å². The molecule has 0 aromatic heterocycles. The summed E-state index contributed by atoms with van der Waals surface area (Å²) in [6.45, 7) is 5.89. The number of benzene rings is 2. The van der Waals surface area contributed by atoms with Gasteiger partial charge in [-0.1, -0.05) is 12.1 Å². The lowest BCUT2D eigenvalue weighted by Gasteiger charge is -2.02. The molecule has 21 heavy (non-hydrogen) atoms. The summed E-state index contributed by atoms with van der Waals surface area (Å²) < 4.78 is 35.4. The van der Waals surface area contributed by atoms with Crippen LogP contribution in [0.3, 0.4) is 0 Å². The predicted octanol–water partition coefficient (Wildman–Crippen LogP) is 4.68. The number of ether oxygens (including phenoxy) is 2. The fourth-order valence-electron chi connectivity index (χ4n) is 1.53. The van der Waals surface area contributed by atoms with Gasteiger partial charge in [0.05, 0.1) is 13.7 Å². The van der Waals surface area contributed by atoms with Crippen LogP contribution in [0.5, 0.6) is 11.5 Å². The maximum atomic E-state index is 12.8. The van der Waals surface area contributed by atoms with Gasteiger partial charge in [0.2, 0.25) is 0 Å². The van der Waals surface area contributed by atoms with E-state index in [4.69, 9.17) is 9.47 Å². The molecule has 0 unspecified atom stereocenters. The van der Waals surface area contributed by atoms with E-state index in [9.17, 15) is 8.78 Å². The maximum absolute atomic E-state index is 12.8. The SMILES string of the molecule is CCOc1ccc(C)c(F)c1.COc1ccc(C)c(F)c1. The van der Waals surface area contributed by atoms with Gasteiger partial charge in [-0.25, -0.2) is 8.78 Å². The van der Waals surface area contributed by atoms with Crippen LogP contribution in [-0.2, 0) is 0 Å². The Balaban J connectivity index is 0.000000211. The highest BCUT2D eigenvalue weighted by Crippen LogP contribution is 2.15. The van der Waals surface area contributed by atoms with E-state index in [-0.39, 0.29) is 11.6 Å². The molecule has 0 aliphatic heterocycles. The molecule has 4 heteroatoms. The molecule has 0 radical (unpaired) electrons. The zero-order valence-corrected chi connectivity index (χ0v) is 12.7. The minimum atomic E-state index is -0.223. The molecule has 0 saturated carbocycles. The lowest BCUT2D eigenvalue weighted by atomic mass is 10.2. The van der Waals surface area contributed by atoms with E-state index in [2.05, 4.69) is 0 Å². The molecule has 0 amide bonds. The molecule has 0 fully saturated rings.